The zero-order chi connectivity index (χ0) is 15.5. The number of non-ortho nitro benzene ring substituents is 1. The minimum absolute atomic E-state index is 0.0494. The second kappa shape index (κ2) is 6.10. The fraction of sp³-hybridized carbons (Fsp3) is 0.429. The molecule has 1 aliphatic rings. The Bertz CT molecular complexity index is 668. The number of aromatic nitrogens is 3. The first-order chi connectivity index (χ1) is 10.7. The summed E-state index contributed by atoms with van der Waals surface area (Å²) in [6.07, 6.45) is 1.95. The Morgan fingerprint density at radius 2 is 2.23 bits per heavy atom. The lowest BCUT2D eigenvalue weighted by atomic mass is 10.1. The zero-order valence-corrected chi connectivity index (χ0v) is 12.2. The lowest BCUT2D eigenvalue weighted by Gasteiger charge is -2.23. The molecule has 1 N–H and O–H groups in total. The number of methoxy groups -OCH3 is 1. The van der Waals surface area contributed by atoms with E-state index in [1.54, 1.807) is 19.2 Å². The Labute approximate surface area is 127 Å². The van der Waals surface area contributed by atoms with Crippen molar-refractivity contribution in [2.75, 3.05) is 12.4 Å². The number of anilines is 1. The summed E-state index contributed by atoms with van der Waals surface area (Å²) in [5.41, 5.74) is 0.917. The van der Waals surface area contributed by atoms with Crippen LogP contribution in [-0.4, -0.2) is 26.8 Å². The van der Waals surface area contributed by atoms with E-state index < -0.39 is 4.92 Å². The summed E-state index contributed by atoms with van der Waals surface area (Å²) in [6, 6.07) is 6.46. The minimum atomic E-state index is -0.405. The molecule has 8 heteroatoms. The van der Waals surface area contributed by atoms with Crippen molar-refractivity contribution in [1.29, 1.82) is 0 Å². The molecule has 116 valence electrons. The number of nitrogens with one attached hydrogen (secondary N) is 1. The first-order valence-corrected chi connectivity index (χ1v) is 7.11. The second-order valence-corrected chi connectivity index (χ2v) is 5.19. The molecule has 0 radical (unpaired) electrons. The second-order valence-electron chi connectivity index (χ2n) is 5.19. The standard InChI is InChI=1S/C14H17N5O3/c1-22-9-13-16-14-12(3-2-8-18(14)17-13)15-10-4-6-11(7-5-10)19(20)21/h4-7,12,15H,2-3,8-9H2,1H3. The number of rotatable bonds is 5. The van der Waals surface area contributed by atoms with Crippen LogP contribution in [0, 0.1) is 10.1 Å². The molecule has 1 atom stereocenters. The van der Waals surface area contributed by atoms with E-state index in [4.69, 9.17) is 4.74 Å². The van der Waals surface area contributed by atoms with Crippen LogP contribution in [0.3, 0.4) is 0 Å². The molecule has 0 saturated carbocycles. The predicted octanol–water partition coefficient (Wildman–Crippen LogP) is 2.28. The minimum Gasteiger partial charge on any atom is -0.377 e. The van der Waals surface area contributed by atoms with Crippen LogP contribution in [0.4, 0.5) is 11.4 Å². The van der Waals surface area contributed by atoms with E-state index in [1.165, 1.54) is 12.1 Å². The maximum absolute atomic E-state index is 10.7. The maximum Gasteiger partial charge on any atom is 0.269 e. The van der Waals surface area contributed by atoms with Crippen molar-refractivity contribution in [3.8, 4) is 0 Å². The first kappa shape index (κ1) is 14.5. The van der Waals surface area contributed by atoms with Crippen molar-refractivity contribution in [3.63, 3.8) is 0 Å². The molecule has 22 heavy (non-hydrogen) atoms. The molecular formula is C14H17N5O3. The van der Waals surface area contributed by atoms with E-state index in [1.807, 2.05) is 4.68 Å². The van der Waals surface area contributed by atoms with Crippen LogP contribution in [0.5, 0.6) is 0 Å². The Morgan fingerprint density at radius 3 is 2.91 bits per heavy atom. The van der Waals surface area contributed by atoms with E-state index in [0.29, 0.717) is 12.4 Å². The van der Waals surface area contributed by atoms with Crippen LogP contribution in [-0.2, 0) is 17.9 Å². The molecule has 1 unspecified atom stereocenters. The molecule has 1 aliphatic heterocycles. The summed E-state index contributed by atoms with van der Waals surface area (Å²) in [7, 11) is 1.62. The average molecular weight is 303 g/mol. The number of benzene rings is 1. The van der Waals surface area contributed by atoms with Gasteiger partial charge in [0.05, 0.1) is 11.0 Å². The van der Waals surface area contributed by atoms with E-state index in [2.05, 4.69) is 15.4 Å². The molecule has 0 bridgehead atoms. The molecule has 0 saturated heterocycles. The van der Waals surface area contributed by atoms with E-state index in [9.17, 15) is 10.1 Å². The molecule has 3 rings (SSSR count). The van der Waals surface area contributed by atoms with Gasteiger partial charge in [-0.05, 0) is 25.0 Å². The third-order valence-electron chi connectivity index (χ3n) is 3.61. The quantitative estimate of drug-likeness (QED) is 0.672. The van der Waals surface area contributed by atoms with E-state index in [-0.39, 0.29) is 11.7 Å². The van der Waals surface area contributed by atoms with Crippen LogP contribution >= 0.6 is 0 Å². The SMILES string of the molecule is COCc1nc2n(n1)CCCC2Nc1ccc([N+](=O)[O-])cc1. The molecule has 8 nitrogen and oxygen atoms in total. The topological polar surface area (TPSA) is 95.1 Å². The van der Waals surface area contributed by atoms with Gasteiger partial charge in [0.15, 0.2) is 5.82 Å². The van der Waals surface area contributed by atoms with Crippen molar-refractivity contribution >= 4 is 11.4 Å². The number of nitro groups is 1. The number of fused-ring (bicyclic) bond motifs is 1. The van der Waals surface area contributed by atoms with Crippen molar-refractivity contribution < 1.29 is 9.66 Å². The molecule has 2 heterocycles. The zero-order valence-electron chi connectivity index (χ0n) is 12.2. The fourth-order valence-corrected chi connectivity index (χ4v) is 2.61. The third kappa shape index (κ3) is 2.91. The van der Waals surface area contributed by atoms with Gasteiger partial charge in [-0.3, -0.25) is 10.1 Å². The summed E-state index contributed by atoms with van der Waals surface area (Å²) in [6.45, 7) is 1.24. The highest BCUT2D eigenvalue weighted by Crippen LogP contribution is 2.28. The van der Waals surface area contributed by atoms with Gasteiger partial charge in [-0.2, -0.15) is 5.10 Å². The maximum atomic E-state index is 10.7. The predicted molar refractivity (Wildman–Crippen MR) is 79.4 cm³/mol. The Kier molecular flexibility index (Phi) is 4.01. The van der Waals surface area contributed by atoms with Gasteiger partial charge in [0.2, 0.25) is 0 Å². The monoisotopic (exact) mass is 303 g/mol. The van der Waals surface area contributed by atoms with Gasteiger partial charge in [-0.25, -0.2) is 9.67 Å². The Morgan fingerprint density at radius 1 is 1.45 bits per heavy atom. The largest absolute Gasteiger partial charge is 0.377 e. The smallest absolute Gasteiger partial charge is 0.269 e. The van der Waals surface area contributed by atoms with Gasteiger partial charge < -0.3 is 10.1 Å². The molecule has 0 fully saturated rings. The summed E-state index contributed by atoms with van der Waals surface area (Å²) in [5, 5.41) is 18.5. The van der Waals surface area contributed by atoms with Crippen LogP contribution in [0.1, 0.15) is 30.5 Å². The van der Waals surface area contributed by atoms with Gasteiger partial charge in [0, 0.05) is 31.5 Å². The number of nitro benzene ring substituents is 1. The Hall–Kier alpha value is -2.48. The molecule has 1 aromatic carbocycles. The summed E-state index contributed by atoms with van der Waals surface area (Å²) < 4.78 is 6.98. The van der Waals surface area contributed by atoms with Crippen molar-refractivity contribution in [2.24, 2.45) is 0 Å². The van der Waals surface area contributed by atoms with Crippen LogP contribution < -0.4 is 5.32 Å². The first-order valence-electron chi connectivity index (χ1n) is 7.11. The summed E-state index contributed by atoms with van der Waals surface area (Å²) >= 11 is 0. The molecule has 0 spiro atoms. The van der Waals surface area contributed by atoms with Crippen LogP contribution in [0.25, 0.3) is 0 Å². The van der Waals surface area contributed by atoms with Gasteiger partial charge in [0.25, 0.3) is 5.69 Å². The normalized spacial score (nSPS) is 17.0. The van der Waals surface area contributed by atoms with Gasteiger partial charge >= 0.3 is 0 Å². The van der Waals surface area contributed by atoms with E-state index in [0.717, 1.165) is 30.9 Å². The van der Waals surface area contributed by atoms with Gasteiger partial charge in [0.1, 0.15) is 12.4 Å². The highest BCUT2D eigenvalue weighted by Gasteiger charge is 2.24. The highest BCUT2D eigenvalue weighted by molar-refractivity contribution is 5.49. The van der Waals surface area contributed by atoms with Crippen LogP contribution in [0.2, 0.25) is 0 Å². The van der Waals surface area contributed by atoms with Gasteiger partial charge in [-0.1, -0.05) is 0 Å². The number of ether oxygens (including phenoxy) is 1. The van der Waals surface area contributed by atoms with Crippen molar-refractivity contribution in [2.45, 2.75) is 32.0 Å². The fourth-order valence-electron chi connectivity index (χ4n) is 2.61. The molecule has 0 aliphatic carbocycles. The van der Waals surface area contributed by atoms with Gasteiger partial charge in [-0.15, -0.1) is 0 Å². The van der Waals surface area contributed by atoms with Crippen LogP contribution in [0.15, 0.2) is 24.3 Å². The molecule has 1 aromatic heterocycles. The number of aryl methyl sites for hydroxylation is 1. The lowest BCUT2D eigenvalue weighted by Crippen LogP contribution is -2.22. The highest BCUT2D eigenvalue weighted by atomic mass is 16.6. The number of nitrogens with zero attached hydrogens (tertiary/aromatic N) is 4. The Balaban J connectivity index is 1.77. The summed E-state index contributed by atoms with van der Waals surface area (Å²) in [5.74, 6) is 1.56. The molecule has 0 amide bonds. The van der Waals surface area contributed by atoms with Crippen molar-refractivity contribution in [3.05, 3.63) is 46.0 Å². The number of hydrogen-bond acceptors (Lipinski definition) is 6. The third-order valence-corrected chi connectivity index (χ3v) is 3.61. The number of hydrogen-bond donors (Lipinski definition) is 1. The average Bonchev–Trinajstić information content (AvgIpc) is 2.92. The molecule has 2 aromatic rings. The van der Waals surface area contributed by atoms with Crippen molar-refractivity contribution in [1.82, 2.24) is 14.8 Å². The summed E-state index contributed by atoms with van der Waals surface area (Å²) in [4.78, 5) is 14.8. The molecular weight excluding hydrogens is 286 g/mol. The lowest BCUT2D eigenvalue weighted by molar-refractivity contribution is -0.384. The van der Waals surface area contributed by atoms with E-state index >= 15 is 0 Å².